The van der Waals surface area contributed by atoms with Gasteiger partial charge in [0.1, 0.15) is 5.75 Å². The Hall–Kier alpha value is -0.440. The van der Waals surface area contributed by atoms with Gasteiger partial charge < -0.3 is 4.74 Å². The molecule has 0 bridgehead atoms. The van der Waals surface area contributed by atoms with Crippen molar-refractivity contribution in [1.29, 1.82) is 0 Å². The van der Waals surface area contributed by atoms with Crippen LogP contribution >= 0.6 is 34.5 Å². The molecule has 4 heteroatoms. The van der Waals surface area contributed by atoms with Crippen LogP contribution in [0, 0.1) is 0 Å². The summed E-state index contributed by atoms with van der Waals surface area (Å²) in [6.45, 7) is 0. The largest absolute Gasteiger partial charge is 0.495 e. The molecule has 2 aromatic rings. The van der Waals surface area contributed by atoms with Gasteiger partial charge in [0.25, 0.3) is 0 Å². The SMILES string of the molecule is COc1cc(Cl)cc2c(CCl)csc12. The van der Waals surface area contributed by atoms with Gasteiger partial charge in [-0.2, -0.15) is 0 Å². The molecule has 0 radical (unpaired) electrons. The van der Waals surface area contributed by atoms with Gasteiger partial charge in [0.15, 0.2) is 0 Å². The maximum absolute atomic E-state index is 5.97. The molecule has 0 amide bonds. The summed E-state index contributed by atoms with van der Waals surface area (Å²) in [5, 5.41) is 3.81. The second kappa shape index (κ2) is 3.97. The second-order valence-electron chi connectivity index (χ2n) is 2.88. The average molecular weight is 247 g/mol. The van der Waals surface area contributed by atoms with E-state index in [9.17, 15) is 0 Å². The predicted molar refractivity (Wildman–Crippen MR) is 62.9 cm³/mol. The summed E-state index contributed by atoms with van der Waals surface area (Å²) in [7, 11) is 1.64. The second-order valence-corrected chi connectivity index (χ2v) is 4.46. The van der Waals surface area contributed by atoms with E-state index < -0.39 is 0 Å². The highest BCUT2D eigenvalue weighted by atomic mass is 35.5. The van der Waals surface area contributed by atoms with Gasteiger partial charge in [-0.05, 0) is 17.0 Å². The van der Waals surface area contributed by atoms with Crippen molar-refractivity contribution in [2.75, 3.05) is 7.11 Å². The number of halogens is 2. The van der Waals surface area contributed by atoms with E-state index >= 15 is 0 Å². The van der Waals surface area contributed by atoms with Crippen LogP contribution in [-0.4, -0.2) is 7.11 Å². The molecule has 0 aliphatic rings. The lowest BCUT2D eigenvalue weighted by Crippen LogP contribution is -1.83. The van der Waals surface area contributed by atoms with Gasteiger partial charge in [0.2, 0.25) is 0 Å². The third-order valence-corrected chi connectivity index (χ3v) is 3.61. The summed E-state index contributed by atoms with van der Waals surface area (Å²) >= 11 is 13.4. The van der Waals surface area contributed by atoms with E-state index in [4.69, 9.17) is 27.9 Å². The lowest BCUT2D eigenvalue weighted by atomic mass is 10.2. The van der Waals surface area contributed by atoms with E-state index in [1.807, 2.05) is 17.5 Å². The van der Waals surface area contributed by atoms with Crippen LogP contribution in [0.25, 0.3) is 10.1 Å². The lowest BCUT2D eigenvalue weighted by Gasteiger charge is -2.02. The van der Waals surface area contributed by atoms with Crippen LogP contribution in [0.2, 0.25) is 5.02 Å². The van der Waals surface area contributed by atoms with Crippen LogP contribution in [0.4, 0.5) is 0 Å². The molecule has 0 fully saturated rings. The molecular weight excluding hydrogens is 239 g/mol. The third-order valence-electron chi connectivity index (χ3n) is 2.05. The summed E-state index contributed by atoms with van der Waals surface area (Å²) in [4.78, 5) is 0. The Morgan fingerprint density at radius 3 is 2.86 bits per heavy atom. The molecule has 1 aromatic carbocycles. The molecule has 14 heavy (non-hydrogen) atoms. The Kier molecular flexibility index (Phi) is 2.86. The topological polar surface area (TPSA) is 9.23 Å². The highest BCUT2D eigenvalue weighted by Gasteiger charge is 2.09. The van der Waals surface area contributed by atoms with Gasteiger partial charge >= 0.3 is 0 Å². The molecule has 0 aliphatic heterocycles. The Labute approximate surface area is 96.2 Å². The first-order valence-electron chi connectivity index (χ1n) is 4.06. The zero-order chi connectivity index (χ0) is 10.1. The van der Waals surface area contributed by atoms with Crippen molar-refractivity contribution >= 4 is 44.6 Å². The highest BCUT2D eigenvalue weighted by Crippen LogP contribution is 2.37. The fourth-order valence-electron chi connectivity index (χ4n) is 1.38. The standard InChI is InChI=1S/C10H8Cl2OS/c1-13-9-3-7(12)2-8-6(4-11)5-14-10(8)9/h2-3,5H,4H2,1H3. The Morgan fingerprint density at radius 1 is 1.43 bits per heavy atom. The number of methoxy groups -OCH3 is 1. The smallest absolute Gasteiger partial charge is 0.138 e. The first kappa shape index (κ1) is 10.1. The molecule has 0 unspecified atom stereocenters. The highest BCUT2D eigenvalue weighted by molar-refractivity contribution is 7.17. The van der Waals surface area contributed by atoms with Crippen molar-refractivity contribution < 1.29 is 4.74 Å². The monoisotopic (exact) mass is 246 g/mol. The van der Waals surface area contributed by atoms with Crippen LogP contribution in [0.3, 0.4) is 0 Å². The maximum Gasteiger partial charge on any atom is 0.138 e. The molecular formula is C10H8Cl2OS. The molecule has 1 heterocycles. The molecule has 0 saturated carbocycles. The summed E-state index contributed by atoms with van der Waals surface area (Å²) < 4.78 is 6.35. The number of benzene rings is 1. The summed E-state index contributed by atoms with van der Waals surface area (Å²) in [5.41, 5.74) is 1.10. The van der Waals surface area contributed by atoms with Crippen LogP contribution in [0.1, 0.15) is 5.56 Å². The quantitative estimate of drug-likeness (QED) is 0.719. The average Bonchev–Trinajstić information content (AvgIpc) is 2.59. The zero-order valence-corrected chi connectivity index (χ0v) is 9.84. The minimum absolute atomic E-state index is 0.503. The molecule has 2 rings (SSSR count). The number of hydrogen-bond acceptors (Lipinski definition) is 2. The zero-order valence-electron chi connectivity index (χ0n) is 7.51. The molecule has 74 valence electrons. The fraction of sp³-hybridized carbons (Fsp3) is 0.200. The molecule has 1 nitrogen and oxygen atoms in total. The first-order valence-corrected chi connectivity index (χ1v) is 5.85. The van der Waals surface area contributed by atoms with E-state index in [0.29, 0.717) is 10.9 Å². The van der Waals surface area contributed by atoms with Gasteiger partial charge in [-0.15, -0.1) is 22.9 Å². The van der Waals surface area contributed by atoms with E-state index in [0.717, 1.165) is 21.4 Å². The van der Waals surface area contributed by atoms with E-state index in [1.165, 1.54) is 0 Å². The number of fused-ring (bicyclic) bond motifs is 1. The number of alkyl halides is 1. The number of hydrogen-bond donors (Lipinski definition) is 0. The van der Waals surface area contributed by atoms with Gasteiger partial charge in [-0.3, -0.25) is 0 Å². The predicted octanol–water partition coefficient (Wildman–Crippen LogP) is 4.30. The van der Waals surface area contributed by atoms with Crippen molar-refractivity contribution in [2.45, 2.75) is 5.88 Å². The summed E-state index contributed by atoms with van der Waals surface area (Å²) in [6.07, 6.45) is 0. The fourth-order valence-corrected chi connectivity index (χ4v) is 2.94. The molecule has 0 saturated heterocycles. The minimum Gasteiger partial charge on any atom is -0.495 e. The Morgan fingerprint density at radius 2 is 2.21 bits per heavy atom. The van der Waals surface area contributed by atoms with Crippen molar-refractivity contribution in [2.24, 2.45) is 0 Å². The lowest BCUT2D eigenvalue weighted by molar-refractivity contribution is 0.420. The van der Waals surface area contributed by atoms with Crippen molar-refractivity contribution in [3.05, 3.63) is 28.1 Å². The van der Waals surface area contributed by atoms with Crippen molar-refractivity contribution in [1.82, 2.24) is 0 Å². The van der Waals surface area contributed by atoms with Crippen molar-refractivity contribution in [3.63, 3.8) is 0 Å². The first-order chi connectivity index (χ1) is 6.76. The molecule has 1 aromatic heterocycles. The maximum atomic E-state index is 5.97. The Bertz CT molecular complexity index is 464. The molecule has 0 spiro atoms. The number of ether oxygens (including phenoxy) is 1. The minimum atomic E-state index is 0.503. The Balaban J connectivity index is 2.76. The normalized spacial score (nSPS) is 10.8. The van der Waals surface area contributed by atoms with E-state index in [1.54, 1.807) is 18.4 Å². The molecule has 0 atom stereocenters. The summed E-state index contributed by atoms with van der Waals surface area (Å²) in [6, 6.07) is 3.74. The number of thiophene rings is 1. The summed E-state index contributed by atoms with van der Waals surface area (Å²) in [5.74, 6) is 1.32. The van der Waals surface area contributed by atoms with Gasteiger partial charge in [-0.25, -0.2) is 0 Å². The van der Waals surface area contributed by atoms with Crippen LogP contribution in [0.15, 0.2) is 17.5 Å². The molecule has 0 aliphatic carbocycles. The van der Waals surface area contributed by atoms with E-state index in [2.05, 4.69) is 0 Å². The van der Waals surface area contributed by atoms with Crippen molar-refractivity contribution in [3.8, 4) is 5.75 Å². The third kappa shape index (κ3) is 1.58. The van der Waals surface area contributed by atoms with Crippen LogP contribution < -0.4 is 4.74 Å². The van der Waals surface area contributed by atoms with Crippen LogP contribution in [0.5, 0.6) is 5.75 Å². The van der Waals surface area contributed by atoms with E-state index in [-0.39, 0.29) is 0 Å². The van der Waals surface area contributed by atoms with Gasteiger partial charge in [0.05, 0.1) is 11.8 Å². The van der Waals surface area contributed by atoms with Crippen LogP contribution in [-0.2, 0) is 5.88 Å². The number of rotatable bonds is 2. The van der Waals surface area contributed by atoms with Gasteiger partial charge in [0, 0.05) is 22.4 Å². The molecule has 0 N–H and O–H groups in total. The van der Waals surface area contributed by atoms with Gasteiger partial charge in [-0.1, -0.05) is 11.6 Å².